The highest BCUT2D eigenvalue weighted by Crippen LogP contribution is 2.19. The van der Waals surface area contributed by atoms with Crippen LogP contribution in [0.3, 0.4) is 0 Å². The number of aromatic nitrogens is 4. The van der Waals surface area contributed by atoms with Crippen LogP contribution in [0.5, 0.6) is 0 Å². The Morgan fingerprint density at radius 3 is 2.81 bits per heavy atom. The van der Waals surface area contributed by atoms with E-state index >= 15 is 0 Å². The Kier molecular flexibility index (Phi) is 4.03. The number of hydrogen-bond donors (Lipinski definition) is 1. The number of ether oxygens (including phenoxy) is 1. The SMILES string of the molecule is CCOC1CCN(Cc2nc(N)c3cnn(C)c3n2)CC1. The normalized spacial score (nSPS) is 17.6. The lowest BCUT2D eigenvalue weighted by molar-refractivity contribution is 0.0120. The van der Waals surface area contributed by atoms with Gasteiger partial charge in [0.05, 0.1) is 24.2 Å². The maximum atomic E-state index is 5.99. The maximum Gasteiger partial charge on any atom is 0.163 e. The van der Waals surface area contributed by atoms with Crippen LogP contribution in [0.25, 0.3) is 11.0 Å². The van der Waals surface area contributed by atoms with Crippen LogP contribution in [0, 0.1) is 0 Å². The van der Waals surface area contributed by atoms with E-state index < -0.39 is 0 Å². The van der Waals surface area contributed by atoms with Gasteiger partial charge in [-0.25, -0.2) is 9.97 Å². The maximum absolute atomic E-state index is 5.99. The van der Waals surface area contributed by atoms with Gasteiger partial charge in [0.2, 0.25) is 0 Å². The molecule has 21 heavy (non-hydrogen) atoms. The smallest absolute Gasteiger partial charge is 0.163 e. The highest BCUT2D eigenvalue weighted by molar-refractivity contribution is 5.84. The lowest BCUT2D eigenvalue weighted by Gasteiger charge is -2.31. The number of fused-ring (bicyclic) bond motifs is 1. The van der Waals surface area contributed by atoms with Crippen molar-refractivity contribution in [2.75, 3.05) is 25.4 Å². The summed E-state index contributed by atoms with van der Waals surface area (Å²) in [7, 11) is 1.87. The molecule has 0 amide bonds. The molecule has 1 aliphatic heterocycles. The first kappa shape index (κ1) is 14.2. The molecular formula is C14H22N6O. The van der Waals surface area contributed by atoms with Crippen LogP contribution in [0.1, 0.15) is 25.6 Å². The Balaban J connectivity index is 1.69. The zero-order valence-electron chi connectivity index (χ0n) is 12.6. The van der Waals surface area contributed by atoms with Crippen molar-refractivity contribution in [3.05, 3.63) is 12.0 Å². The predicted octanol–water partition coefficient (Wildman–Crippen LogP) is 0.946. The fraction of sp³-hybridized carbons (Fsp3) is 0.643. The van der Waals surface area contributed by atoms with E-state index in [0.29, 0.717) is 11.9 Å². The second kappa shape index (κ2) is 5.95. The molecule has 0 spiro atoms. The van der Waals surface area contributed by atoms with Crippen molar-refractivity contribution < 1.29 is 4.74 Å². The molecule has 1 saturated heterocycles. The number of nitrogens with zero attached hydrogens (tertiary/aromatic N) is 5. The third-order valence-corrected chi connectivity index (χ3v) is 3.97. The molecule has 0 saturated carbocycles. The van der Waals surface area contributed by atoms with E-state index in [0.717, 1.165) is 55.9 Å². The average molecular weight is 290 g/mol. The number of likely N-dealkylation sites (tertiary alicyclic amines) is 1. The lowest BCUT2D eigenvalue weighted by atomic mass is 10.1. The minimum Gasteiger partial charge on any atom is -0.383 e. The number of anilines is 1. The fourth-order valence-electron chi connectivity index (χ4n) is 2.83. The van der Waals surface area contributed by atoms with Crippen LogP contribution in [0.4, 0.5) is 5.82 Å². The number of nitrogen functional groups attached to an aromatic ring is 1. The molecule has 3 heterocycles. The fourth-order valence-corrected chi connectivity index (χ4v) is 2.83. The molecule has 2 N–H and O–H groups in total. The predicted molar refractivity (Wildman–Crippen MR) is 80.6 cm³/mol. The summed E-state index contributed by atoms with van der Waals surface area (Å²) in [5.41, 5.74) is 6.79. The van der Waals surface area contributed by atoms with Gasteiger partial charge < -0.3 is 10.5 Å². The van der Waals surface area contributed by atoms with Crippen LogP contribution in [-0.2, 0) is 18.3 Å². The van der Waals surface area contributed by atoms with Crippen molar-refractivity contribution in [3.63, 3.8) is 0 Å². The first-order valence-electron chi connectivity index (χ1n) is 7.45. The van der Waals surface area contributed by atoms with Gasteiger partial charge in [-0.05, 0) is 19.8 Å². The molecule has 0 aromatic carbocycles. The largest absolute Gasteiger partial charge is 0.383 e. The average Bonchev–Trinajstić information content (AvgIpc) is 2.84. The van der Waals surface area contributed by atoms with Gasteiger partial charge in [-0.2, -0.15) is 5.10 Å². The van der Waals surface area contributed by atoms with E-state index in [1.54, 1.807) is 10.9 Å². The number of rotatable bonds is 4. The zero-order chi connectivity index (χ0) is 14.8. The quantitative estimate of drug-likeness (QED) is 0.902. The number of aryl methyl sites for hydroxylation is 1. The van der Waals surface area contributed by atoms with Gasteiger partial charge in [0.15, 0.2) is 5.65 Å². The summed E-state index contributed by atoms with van der Waals surface area (Å²) >= 11 is 0. The van der Waals surface area contributed by atoms with Crippen LogP contribution in [0.2, 0.25) is 0 Å². The molecule has 2 aromatic heterocycles. The van der Waals surface area contributed by atoms with Gasteiger partial charge >= 0.3 is 0 Å². The molecule has 2 aromatic rings. The summed E-state index contributed by atoms with van der Waals surface area (Å²) in [4.78, 5) is 11.3. The van der Waals surface area contributed by atoms with E-state index in [-0.39, 0.29) is 0 Å². The van der Waals surface area contributed by atoms with Crippen molar-refractivity contribution in [2.24, 2.45) is 7.05 Å². The standard InChI is InChI=1S/C14H22N6O/c1-3-21-10-4-6-20(7-5-10)9-12-17-13(15)11-8-16-19(2)14(11)18-12/h8,10H,3-7,9H2,1-2H3,(H2,15,17,18). The summed E-state index contributed by atoms with van der Waals surface area (Å²) in [6.07, 6.45) is 4.24. The minimum atomic E-state index is 0.400. The molecule has 0 aliphatic carbocycles. The molecule has 114 valence electrons. The molecule has 0 unspecified atom stereocenters. The zero-order valence-corrected chi connectivity index (χ0v) is 12.6. The Labute approximate surface area is 124 Å². The van der Waals surface area contributed by atoms with Crippen molar-refractivity contribution >= 4 is 16.9 Å². The van der Waals surface area contributed by atoms with Gasteiger partial charge in [-0.3, -0.25) is 9.58 Å². The van der Waals surface area contributed by atoms with E-state index in [4.69, 9.17) is 10.5 Å². The third-order valence-electron chi connectivity index (χ3n) is 3.97. The number of piperidine rings is 1. The number of hydrogen-bond acceptors (Lipinski definition) is 6. The Morgan fingerprint density at radius 1 is 1.33 bits per heavy atom. The highest BCUT2D eigenvalue weighted by Gasteiger charge is 2.20. The summed E-state index contributed by atoms with van der Waals surface area (Å²) in [6.45, 7) is 5.59. The molecular weight excluding hydrogens is 268 g/mol. The molecule has 1 aliphatic rings. The molecule has 0 atom stereocenters. The summed E-state index contributed by atoms with van der Waals surface area (Å²) in [5, 5.41) is 4.99. The van der Waals surface area contributed by atoms with Crippen LogP contribution < -0.4 is 5.73 Å². The van der Waals surface area contributed by atoms with Gasteiger partial charge in [-0.1, -0.05) is 0 Å². The second-order valence-corrected chi connectivity index (χ2v) is 5.46. The molecule has 1 fully saturated rings. The van der Waals surface area contributed by atoms with Gasteiger partial charge in [-0.15, -0.1) is 0 Å². The monoisotopic (exact) mass is 290 g/mol. The van der Waals surface area contributed by atoms with Crippen LogP contribution in [0.15, 0.2) is 6.20 Å². The van der Waals surface area contributed by atoms with E-state index in [1.807, 2.05) is 14.0 Å². The van der Waals surface area contributed by atoms with E-state index in [1.165, 1.54) is 0 Å². The minimum absolute atomic E-state index is 0.400. The highest BCUT2D eigenvalue weighted by atomic mass is 16.5. The summed E-state index contributed by atoms with van der Waals surface area (Å²) < 4.78 is 7.41. The number of nitrogens with two attached hydrogens (primary N) is 1. The second-order valence-electron chi connectivity index (χ2n) is 5.46. The van der Waals surface area contributed by atoms with Crippen molar-refractivity contribution in [1.29, 1.82) is 0 Å². The molecule has 0 radical (unpaired) electrons. The Bertz CT molecular complexity index is 617. The first-order chi connectivity index (χ1) is 10.2. The van der Waals surface area contributed by atoms with Gasteiger partial charge in [0, 0.05) is 26.7 Å². The third kappa shape index (κ3) is 2.98. The van der Waals surface area contributed by atoms with Crippen molar-refractivity contribution in [2.45, 2.75) is 32.4 Å². The van der Waals surface area contributed by atoms with Crippen LogP contribution in [-0.4, -0.2) is 50.4 Å². The molecule has 7 heteroatoms. The van der Waals surface area contributed by atoms with Crippen molar-refractivity contribution in [1.82, 2.24) is 24.6 Å². The van der Waals surface area contributed by atoms with Gasteiger partial charge in [0.25, 0.3) is 0 Å². The van der Waals surface area contributed by atoms with Crippen molar-refractivity contribution in [3.8, 4) is 0 Å². The van der Waals surface area contributed by atoms with E-state index in [2.05, 4.69) is 20.0 Å². The Hall–Kier alpha value is -1.73. The Morgan fingerprint density at radius 2 is 2.10 bits per heavy atom. The van der Waals surface area contributed by atoms with Gasteiger partial charge in [0.1, 0.15) is 11.6 Å². The first-order valence-corrected chi connectivity index (χ1v) is 7.45. The van der Waals surface area contributed by atoms with Crippen LogP contribution >= 0.6 is 0 Å². The molecule has 7 nitrogen and oxygen atoms in total. The summed E-state index contributed by atoms with van der Waals surface area (Å²) in [6, 6.07) is 0. The molecule has 0 bridgehead atoms. The summed E-state index contributed by atoms with van der Waals surface area (Å²) in [5.74, 6) is 1.27. The topological polar surface area (TPSA) is 82.1 Å². The van der Waals surface area contributed by atoms with E-state index in [9.17, 15) is 0 Å². The lowest BCUT2D eigenvalue weighted by Crippen LogP contribution is -2.37. The molecule has 3 rings (SSSR count).